The van der Waals surface area contributed by atoms with Crippen molar-refractivity contribution < 1.29 is 19.1 Å². The quantitative estimate of drug-likeness (QED) is 0.440. The first kappa shape index (κ1) is 21.4. The molecule has 0 aliphatic carbocycles. The van der Waals surface area contributed by atoms with E-state index in [-0.39, 0.29) is 18.2 Å². The third-order valence-corrected chi connectivity index (χ3v) is 5.92. The van der Waals surface area contributed by atoms with Gasteiger partial charge in [0.1, 0.15) is 5.01 Å². The fourth-order valence-electron chi connectivity index (χ4n) is 3.42. The molecule has 0 aliphatic rings. The van der Waals surface area contributed by atoms with E-state index in [2.05, 4.69) is 15.8 Å². The number of hydrogen-bond acceptors (Lipinski definition) is 6. The molecule has 0 fully saturated rings. The van der Waals surface area contributed by atoms with Crippen LogP contribution in [-0.4, -0.2) is 35.6 Å². The molecule has 2 aromatic carbocycles. The number of carbonyl (C=O) groups is 2. The molecule has 2 N–H and O–H groups in total. The van der Waals surface area contributed by atoms with Crippen molar-refractivity contribution in [2.24, 2.45) is 7.05 Å². The van der Waals surface area contributed by atoms with Crippen molar-refractivity contribution in [2.75, 3.05) is 14.2 Å². The summed E-state index contributed by atoms with van der Waals surface area (Å²) < 4.78 is 12.5. The van der Waals surface area contributed by atoms with Crippen LogP contribution in [0.25, 0.3) is 21.5 Å². The highest BCUT2D eigenvalue weighted by Gasteiger charge is 2.15. The van der Waals surface area contributed by atoms with Crippen LogP contribution in [0.1, 0.15) is 16.1 Å². The molecule has 0 aliphatic heterocycles. The Morgan fingerprint density at radius 3 is 2.62 bits per heavy atom. The predicted molar refractivity (Wildman–Crippen MR) is 123 cm³/mol. The number of ether oxygens (including phenoxy) is 2. The second-order valence-corrected chi connectivity index (χ2v) is 7.92. The van der Waals surface area contributed by atoms with Crippen LogP contribution in [0.3, 0.4) is 0 Å². The number of rotatable bonds is 6. The summed E-state index contributed by atoms with van der Waals surface area (Å²) >= 11 is 1.43. The molecule has 9 heteroatoms. The summed E-state index contributed by atoms with van der Waals surface area (Å²) in [5.41, 5.74) is 7.85. The van der Waals surface area contributed by atoms with Gasteiger partial charge in [0.2, 0.25) is 5.91 Å². The third-order valence-electron chi connectivity index (χ3n) is 4.98. The largest absolute Gasteiger partial charge is 0.493 e. The van der Waals surface area contributed by atoms with E-state index in [4.69, 9.17) is 9.47 Å². The molecule has 32 heavy (non-hydrogen) atoms. The number of amides is 2. The zero-order chi connectivity index (χ0) is 22.7. The normalized spacial score (nSPS) is 10.7. The number of fused-ring (bicyclic) bond motifs is 1. The lowest BCUT2D eigenvalue weighted by Gasteiger charge is -2.08. The molecule has 4 aromatic rings. The molecule has 164 valence electrons. The fourth-order valence-corrected chi connectivity index (χ4v) is 4.23. The van der Waals surface area contributed by atoms with Gasteiger partial charge in [0, 0.05) is 35.1 Å². The Morgan fingerprint density at radius 1 is 1.06 bits per heavy atom. The SMILES string of the molecule is COc1ccc(-c2nc(CC(=O)NNC(=O)c3cn(C)c4ccccc34)cs2)cc1OC. The number of aryl methyl sites for hydroxylation is 1. The lowest BCUT2D eigenvalue weighted by atomic mass is 10.2. The lowest BCUT2D eigenvalue weighted by molar-refractivity contribution is -0.121. The average Bonchev–Trinajstić information content (AvgIpc) is 3.41. The van der Waals surface area contributed by atoms with Gasteiger partial charge in [-0.1, -0.05) is 18.2 Å². The molecule has 0 saturated carbocycles. The van der Waals surface area contributed by atoms with E-state index >= 15 is 0 Å². The fraction of sp³-hybridized carbons (Fsp3) is 0.174. The van der Waals surface area contributed by atoms with Crippen LogP contribution in [0, 0.1) is 0 Å². The topological polar surface area (TPSA) is 94.5 Å². The highest BCUT2D eigenvalue weighted by atomic mass is 32.1. The van der Waals surface area contributed by atoms with Gasteiger partial charge in [-0.2, -0.15) is 0 Å². The smallest absolute Gasteiger partial charge is 0.271 e. The number of nitrogens with one attached hydrogen (secondary N) is 2. The molecule has 4 rings (SSSR count). The number of benzene rings is 2. The maximum atomic E-state index is 12.6. The Balaban J connectivity index is 1.39. The minimum atomic E-state index is -0.376. The second kappa shape index (κ2) is 9.11. The van der Waals surface area contributed by atoms with Crippen molar-refractivity contribution in [2.45, 2.75) is 6.42 Å². The first-order chi connectivity index (χ1) is 15.5. The molecule has 0 bridgehead atoms. The second-order valence-electron chi connectivity index (χ2n) is 7.06. The van der Waals surface area contributed by atoms with Crippen molar-refractivity contribution in [3.05, 3.63) is 65.3 Å². The first-order valence-electron chi connectivity index (χ1n) is 9.80. The highest BCUT2D eigenvalue weighted by molar-refractivity contribution is 7.13. The predicted octanol–water partition coefficient (Wildman–Crippen LogP) is 3.32. The van der Waals surface area contributed by atoms with Gasteiger partial charge in [0.15, 0.2) is 11.5 Å². The standard InChI is InChI=1S/C23H22N4O4S/c1-27-12-17(16-6-4-5-7-18(16)27)22(29)26-25-21(28)11-15-13-32-23(24-15)14-8-9-19(30-2)20(10-14)31-3/h4-10,12-13H,11H2,1-3H3,(H,25,28)(H,26,29). The van der Waals surface area contributed by atoms with E-state index in [1.165, 1.54) is 11.3 Å². The van der Waals surface area contributed by atoms with Gasteiger partial charge < -0.3 is 14.0 Å². The summed E-state index contributed by atoms with van der Waals surface area (Å²) in [6.07, 6.45) is 1.78. The highest BCUT2D eigenvalue weighted by Crippen LogP contribution is 2.33. The summed E-state index contributed by atoms with van der Waals surface area (Å²) in [7, 11) is 5.03. The van der Waals surface area contributed by atoms with Crippen molar-refractivity contribution in [3.63, 3.8) is 0 Å². The van der Waals surface area contributed by atoms with E-state index in [1.807, 2.05) is 59.5 Å². The zero-order valence-electron chi connectivity index (χ0n) is 17.8. The van der Waals surface area contributed by atoms with E-state index in [0.29, 0.717) is 22.8 Å². The van der Waals surface area contributed by atoms with Gasteiger partial charge in [-0.15, -0.1) is 11.3 Å². The number of thiazole rings is 1. The van der Waals surface area contributed by atoms with Gasteiger partial charge in [0.25, 0.3) is 5.91 Å². The van der Waals surface area contributed by atoms with Crippen LogP contribution in [-0.2, 0) is 18.3 Å². The molecule has 2 heterocycles. The van der Waals surface area contributed by atoms with Crippen LogP contribution in [0.2, 0.25) is 0 Å². The van der Waals surface area contributed by atoms with Crippen LogP contribution in [0.4, 0.5) is 0 Å². The van der Waals surface area contributed by atoms with Crippen molar-refractivity contribution >= 4 is 34.1 Å². The van der Waals surface area contributed by atoms with Crippen LogP contribution in [0.15, 0.2) is 54.0 Å². The summed E-state index contributed by atoms with van der Waals surface area (Å²) in [5, 5.41) is 3.40. The monoisotopic (exact) mass is 450 g/mol. The number of aromatic nitrogens is 2. The first-order valence-corrected chi connectivity index (χ1v) is 10.7. The summed E-state index contributed by atoms with van der Waals surface area (Å²) in [5.74, 6) is 0.507. The van der Waals surface area contributed by atoms with E-state index in [9.17, 15) is 9.59 Å². The molecule has 2 aromatic heterocycles. The Hall–Kier alpha value is -3.85. The Labute approximate surface area is 188 Å². The maximum absolute atomic E-state index is 12.6. The molecule has 0 radical (unpaired) electrons. The van der Waals surface area contributed by atoms with E-state index < -0.39 is 0 Å². The Kier molecular flexibility index (Phi) is 6.09. The Morgan fingerprint density at radius 2 is 1.84 bits per heavy atom. The number of methoxy groups -OCH3 is 2. The summed E-state index contributed by atoms with van der Waals surface area (Å²) in [4.78, 5) is 29.4. The zero-order valence-corrected chi connectivity index (χ0v) is 18.7. The third kappa shape index (κ3) is 4.28. The number of para-hydroxylation sites is 1. The van der Waals surface area contributed by atoms with E-state index in [1.54, 1.807) is 20.4 Å². The molecule has 2 amide bonds. The number of carbonyl (C=O) groups excluding carboxylic acids is 2. The lowest BCUT2D eigenvalue weighted by Crippen LogP contribution is -2.42. The van der Waals surface area contributed by atoms with Crippen LogP contribution >= 0.6 is 11.3 Å². The summed E-state index contributed by atoms with van der Waals surface area (Å²) in [6.45, 7) is 0. The summed E-state index contributed by atoms with van der Waals surface area (Å²) in [6, 6.07) is 13.1. The number of hydrazine groups is 1. The number of nitrogens with zero attached hydrogens (tertiary/aromatic N) is 2. The van der Waals surface area contributed by atoms with Crippen molar-refractivity contribution in [3.8, 4) is 22.1 Å². The molecule has 0 spiro atoms. The van der Waals surface area contributed by atoms with Gasteiger partial charge in [-0.25, -0.2) is 4.98 Å². The van der Waals surface area contributed by atoms with Crippen LogP contribution in [0.5, 0.6) is 11.5 Å². The minimum absolute atomic E-state index is 0.0413. The Bertz CT molecular complexity index is 1290. The maximum Gasteiger partial charge on any atom is 0.271 e. The minimum Gasteiger partial charge on any atom is -0.493 e. The molecular formula is C23H22N4O4S. The van der Waals surface area contributed by atoms with Crippen LogP contribution < -0.4 is 20.3 Å². The molecule has 0 saturated heterocycles. The molecule has 8 nitrogen and oxygen atoms in total. The van der Waals surface area contributed by atoms with Crippen molar-refractivity contribution in [1.82, 2.24) is 20.4 Å². The van der Waals surface area contributed by atoms with E-state index in [0.717, 1.165) is 21.5 Å². The van der Waals surface area contributed by atoms with Crippen molar-refractivity contribution in [1.29, 1.82) is 0 Å². The molecule has 0 atom stereocenters. The average molecular weight is 451 g/mol. The van der Waals surface area contributed by atoms with Gasteiger partial charge >= 0.3 is 0 Å². The molecule has 0 unspecified atom stereocenters. The van der Waals surface area contributed by atoms with Gasteiger partial charge in [-0.3, -0.25) is 20.4 Å². The number of hydrogen-bond donors (Lipinski definition) is 2. The van der Waals surface area contributed by atoms with Gasteiger partial charge in [0.05, 0.1) is 31.9 Å². The van der Waals surface area contributed by atoms with Gasteiger partial charge in [-0.05, 0) is 24.3 Å². The molecular weight excluding hydrogens is 428 g/mol.